The molecule has 0 saturated carbocycles. The van der Waals surface area contributed by atoms with Gasteiger partial charge in [0.25, 0.3) is 0 Å². The van der Waals surface area contributed by atoms with Crippen LogP contribution in [0.15, 0.2) is 42.5 Å². The van der Waals surface area contributed by atoms with Crippen molar-refractivity contribution in [1.29, 1.82) is 0 Å². The molecule has 6 heteroatoms. The summed E-state index contributed by atoms with van der Waals surface area (Å²) in [6.45, 7) is 0.650. The fourth-order valence-corrected chi connectivity index (χ4v) is 2.30. The third-order valence-electron chi connectivity index (χ3n) is 3.22. The largest absolute Gasteiger partial charge is 0.493 e. The summed E-state index contributed by atoms with van der Waals surface area (Å²) in [5.41, 5.74) is 1.91. The van der Waals surface area contributed by atoms with E-state index in [9.17, 15) is 0 Å². The van der Waals surface area contributed by atoms with Gasteiger partial charge in [0.05, 0.1) is 21.3 Å². The van der Waals surface area contributed by atoms with Gasteiger partial charge in [-0.1, -0.05) is 30.3 Å². The number of thiocarbonyl (C=S) groups is 1. The number of anilines is 1. The van der Waals surface area contributed by atoms with Crippen molar-refractivity contribution in [3.63, 3.8) is 0 Å². The third kappa shape index (κ3) is 4.50. The summed E-state index contributed by atoms with van der Waals surface area (Å²) in [5, 5.41) is 6.79. The lowest BCUT2D eigenvalue weighted by molar-refractivity contribution is 0.324. The molecule has 122 valence electrons. The van der Waals surface area contributed by atoms with E-state index in [1.807, 2.05) is 30.3 Å². The van der Waals surface area contributed by atoms with Crippen LogP contribution in [0.25, 0.3) is 0 Å². The zero-order chi connectivity index (χ0) is 16.7. The lowest BCUT2D eigenvalue weighted by Crippen LogP contribution is -2.27. The summed E-state index contributed by atoms with van der Waals surface area (Å²) in [7, 11) is 4.72. The molecule has 0 radical (unpaired) electrons. The molecule has 0 aromatic heterocycles. The number of methoxy groups -OCH3 is 3. The Morgan fingerprint density at radius 1 is 0.957 bits per heavy atom. The van der Waals surface area contributed by atoms with E-state index in [4.69, 9.17) is 26.4 Å². The van der Waals surface area contributed by atoms with Crippen LogP contribution in [0.3, 0.4) is 0 Å². The van der Waals surface area contributed by atoms with Gasteiger partial charge in [-0.2, -0.15) is 0 Å². The standard InChI is InChI=1S/C17H20N2O3S/c1-20-14-9-13(10-15(21-2)16(14)22-3)19-17(23)18-11-12-7-5-4-6-8-12/h4-10H,11H2,1-3H3,(H2,18,19,23). The first-order valence-electron chi connectivity index (χ1n) is 7.06. The second kappa shape index (κ2) is 8.24. The van der Waals surface area contributed by atoms with Gasteiger partial charge in [-0.3, -0.25) is 0 Å². The first-order valence-corrected chi connectivity index (χ1v) is 7.47. The maximum absolute atomic E-state index is 5.32. The Morgan fingerprint density at radius 2 is 1.57 bits per heavy atom. The predicted octanol–water partition coefficient (Wildman–Crippen LogP) is 3.20. The second-order valence-corrected chi connectivity index (χ2v) is 5.12. The molecule has 0 aliphatic carbocycles. The van der Waals surface area contributed by atoms with E-state index in [1.165, 1.54) is 0 Å². The van der Waals surface area contributed by atoms with Crippen LogP contribution >= 0.6 is 12.2 Å². The average Bonchev–Trinajstić information content (AvgIpc) is 2.59. The van der Waals surface area contributed by atoms with Crippen LogP contribution in [0.5, 0.6) is 17.2 Å². The van der Waals surface area contributed by atoms with E-state index in [1.54, 1.807) is 33.5 Å². The Kier molecular flexibility index (Phi) is 6.05. The summed E-state index contributed by atoms with van der Waals surface area (Å²) >= 11 is 5.32. The van der Waals surface area contributed by atoms with Crippen LogP contribution in [0.1, 0.15) is 5.56 Å². The molecule has 2 aromatic carbocycles. The van der Waals surface area contributed by atoms with Crippen molar-refractivity contribution in [2.45, 2.75) is 6.54 Å². The number of nitrogens with one attached hydrogen (secondary N) is 2. The van der Waals surface area contributed by atoms with E-state index in [2.05, 4.69) is 10.6 Å². The van der Waals surface area contributed by atoms with Crippen molar-refractivity contribution in [3.05, 3.63) is 48.0 Å². The third-order valence-corrected chi connectivity index (χ3v) is 3.46. The highest BCUT2D eigenvalue weighted by Crippen LogP contribution is 2.39. The molecule has 0 fully saturated rings. The van der Waals surface area contributed by atoms with E-state index < -0.39 is 0 Å². The molecule has 0 amide bonds. The first kappa shape index (κ1) is 16.9. The topological polar surface area (TPSA) is 51.8 Å². The van der Waals surface area contributed by atoms with Gasteiger partial charge in [-0.25, -0.2) is 0 Å². The number of hydrogen-bond donors (Lipinski definition) is 2. The highest BCUT2D eigenvalue weighted by atomic mass is 32.1. The van der Waals surface area contributed by atoms with E-state index in [0.717, 1.165) is 11.3 Å². The van der Waals surface area contributed by atoms with Crippen molar-refractivity contribution in [3.8, 4) is 17.2 Å². The van der Waals surface area contributed by atoms with Gasteiger partial charge in [0.15, 0.2) is 16.6 Å². The lowest BCUT2D eigenvalue weighted by atomic mass is 10.2. The minimum Gasteiger partial charge on any atom is -0.493 e. The van der Waals surface area contributed by atoms with Gasteiger partial charge < -0.3 is 24.8 Å². The van der Waals surface area contributed by atoms with E-state index in [-0.39, 0.29) is 0 Å². The zero-order valence-electron chi connectivity index (χ0n) is 13.4. The fourth-order valence-electron chi connectivity index (χ4n) is 2.11. The molecule has 0 aliphatic heterocycles. The van der Waals surface area contributed by atoms with E-state index in [0.29, 0.717) is 28.9 Å². The molecule has 0 heterocycles. The smallest absolute Gasteiger partial charge is 0.203 e. The Labute approximate surface area is 141 Å². The number of ether oxygens (including phenoxy) is 3. The van der Waals surface area contributed by atoms with Crippen molar-refractivity contribution in [2.75, 3.05) is 26.6 Å². The highest BCUT2D eigenvalue weighted by Gasteiger charge is 2.13. The van der Waals surface area contributed by atoms with Crippen LogP contribution in [0.4, 0.5) is 5.69 Å². The van der Waals surface area contributed by atoms with Crippen LogP contribution in [-0.2, 0) is 6.54 Å². The molecule has 23 heavy (non-hydrogen) atoms. The van der Waals surface area contributed by atoms with Gasteiger partial charge in [-0.05, 0) is 17.8 Å². The molecule has 0 spiro atoms. The summed E-state index contributed by atoms with van der Waals surface area (Å²) in [6, 6.07) is 13.6. The molecular weight excluding hydrogens is 312 g/mol. The minimum absolute atomic E-state index is 0.517. The zero-order valence-corrected chi connectivity index (χ0v) is 14.2. The Bertz CT molecular complexity index is 637. The monoisotopic (exact) mass is 332 g/mol. The van der Waals surface area contributed by atoms with Gasteiger partial charge in [0, 0.05) is 24.4 Å². The molecule has 0 aliphatic rings. The molecule has 0 unspecified atom stereocenters. The Balaban J connectivity index is 2.05. The maximum atomic E-state index is 5.32. The number of hydrogen-bond acceptors (Lipinski definition) is 4. The molecule has 0 bridgehead atoms. The van der Waals surface area contributed by atoms with Crippen LogP contribution < -0.4 is 24.8 Å². The Morgan fingerprint density at radius 3 is 2.09 bits per heavy atom. The quantitative estimate of drug-likeness (QED) is 0.792. The molecule has 0 atom stereocenters. The molecule has 5 nitrogen and oxygen atoms in total. The van der Waals surface area contributed by atoms with Gasteiger partial charge in [0.1, 0.15) is 0 Å². The van der Waals surface area contributed by atoms with Crippen LogP contribution in [-0.4, -0.2) is 26.4 Å². The number of rotatable bonds is 6. The summed E-state index contributed by atoms with van der Waals surface area (Å²) in [5.74, 6) is 1.68. The molecule has 2 aromatic rings. The second-order valence-electron chi connectivity index (χ2n) is 4.71. The predicted molar refractivity (Wildman–Crippen MR) is 95.6 cm³/mol. The summed E-state index contributed by atoms with van der Waals surface area (Å²) < 4.78 is 15.9. The SMILES string of the molecule is COc1cc(NC(=S)NCc2ccccc2)cc(OC)c1OC. The molecular formula is C17H20N2O3S. The fraction of sp³-hybridized carbons (Fsp3) is 0.235. The summed E-state index contributed by atoms with van der Waals surface area (Å²) in [6.07, 6.45) is 0. The highest BCUT2D eigenvalue weighted by molar-refractivity contribution is 7.80. The van der Waals surface area contributed by atoms with Crippen molar-refractivity contribution < 1.29 is 14.2 Å². The molecule has 2 N–H and O–H groups in total. The Hall–Kier alpha value is -2.47. The van der Waals surface area contributed by atoms with Crippen molar-refractivity contribution in [1.82, 2.24) is 5.32 Å². The van der Waals surface area contributed by atoms with Crippen LogP contribution in [0.2, 0.25) is 0 Å². The maximum Gasteiger partial charge on any atom is 0.203 e. The average molecular weight is 332 g/mol. The first-order chi connectivity index (χ1) is 11.2. The van der Waals surface area contributed by atoms with Gasteiger partial charge >= 0.3 is 0 Å². The summed E-state index contributed by atoms with van der Waals surface area (Å²) in [4.78, 5) is 0. The van der Waals surface area contributed by atoms with Gasteiger partial charge in [0.2, 0.25) is 5.75 Å². The van der Waals surface area contributed by atoms with Crippen molar-refractivity contribution >= 4 is 23.0 Å². The van der Waals surface area contributed by atoms with E-state index >= 15 is 0 Å². The number of benzene rings is 2. The van der Waals surface area contributed by atoms with Crippen LogP contribution in [0, 0.1) is 0 Å². The lowest BCUT2D eigenvalue weighted by Gasteiger charge is -2.16. The normalized spacial score (nSPS) is 9.87. The molecule has 0 saturated heterocycles. The minimum atomic E-state index is 0.517. The van der Waals surface area contributed by atoms with Gasteiger partial charge in [-0.15, -0.1) is 0 Å². The van der Waals surface area contributed by atoms with Crippen molar-refractivity contribution in [2.24, 2.45) is 0 Å². The molecule has 2 rings (SSSR count).